The first-order valence-corrected chi connectivity index (χ1v) is 6.45. The number of ketones is 1. The summed E-state index contributed by atoms with van der Waals surface area (Å²) in [6.07, 6.45) is 0. The number of Topliss-reactive ketones (excluding diaryl/α,β-unsaturated/α-hetero) is 1. The molecule has 0 radical (unpaired) electrons. The lowest BCUT2D eigenvalue weighted by Gasteiger charge is -2.33. The van der Waals surface area contributed by atoms with Crippen molar-refractivity contribution in [1.82, 2.24) is 0 Å². The number of rotatable bonds is 4. The van der Waals surface area contributed by atoms with Gasteiger partial charge in [-0.05, 0) is 0 Å². The SMILES string of the molecule is C[N+](C)(C)C(C(=O)c1ccccc1)c1ccccc1.[Cl-]. The van der Waals surface area contributed by atoms with E-state index in [1.54, 1.807) is 0 Å². The minimum Gasteiger partial charge on any atom is -1.00 e. The van der Waals surface area contributed by atoms with Crippen molar-refractivity contribution in [1.29, 1.82) is 0 Å². The van der Waals surface area contributed by atoms with Crippen LogP contribution in [0, 0.1) is 0 Å². The molecule has 0 spiro atoms. The molecule has 20 heavy (non-hydrogen) atoms. The van der Waals surface area contributed by atoms with Gasteiger partial charge in [0.1, 0.15) is 0 Å². The van der Waals surface area contributed by atoms with Crippen LogP contribution in [0.2, 0.25) is 0 Å². The zero-order chi connectivity index (χ0) is 13.9. The van der Waals surface area contributed by atoms with Crippen LogP contribution in [0.5, 0.6) is 0 Å². The van der Waals surface area contributed by atoms with Crippen LogP contribution in [0.15, 0.2) is 60.7 Å². The van der Waals surface area contributed by atoms with Gasteiger partial charge in [-0.25, -0.2) is 0 Å². The maximum Gasteiger partial charge on any atom is 0.224 e. The van der Waals surface area contributed by atoms with E-state index in [2.05, 4.69) is 21.1 Å². The van der Waals surface area contributed by atoms with Crippen molar-refractivity contribution in [3.05, 3.63) is 71.8 Å². The molecule has 1 atom stereocenters. The first-order chi connectivity index (χ1) is 9.00. The molecule has 0 amide bonds. The van der Waals surface area contributed by atoms with Crippen molar-refractivity contribution in [2.45, 2.75) is 6.04 Å². The average Bonchev–Trinajstić information content (AvgIpc) is 2.39. The Labute approximate surface area is 127 Å². The van der Waals surface area contributed by atoms with Crippen LogP contribution < -0.4 is 12.4 Å². The second kappa shape index (κ2) is 6.69. The Balaban J connectivity index is 0.00000200. The van der Waals surface area contributed by atoms with Crippen molar-refractivity contribution in [2.24, 2.45) is 0 Å². The monoisotopic (exact) mass is 289 g/mol. The van der Waals surface area contributed by atoms with Crippen molar-refractivity contribution < 1.29 is 21.7 Å². The molecule has 2 rings (SSSR count). The Morgan fingerprint density at radius 3 is 1.75 bits per heavy atom. The number of hydrogen-bond acceptors (Lipinski definition) is 1. The van der Waals surface area contributed by atoms with E-state index in [-0.39, 0.29) is 24.2 Å². The van der Waals surface area contributed by atoms with Gasteiger partial charge in [0.25, 0.3) is 0 Å². The number of likely N-dealkylation sites (N-methyl/N-ethyl adjacent to an activating group) is 1. The zero-order valence-electron chi connectivity index (χ0n) is 12.1. The van der Waals surface area contributed by atoms with Gasteiger partial charge in [0.15, 0.2) is 6.04 Å². The predicted octanol–water partition coefficient (Wildman–Crippen LogP) is 0.321. The fourth-order valence-electron chi connectivity index (χ4n) is 2.35. The summed E-state index contributed by atoms with van der Waals surface area (Å²) in [6.45, 7) is 0. The van der Waals surface area contributed by atoms with E-state index < -0.39 is 0 Å². The van der Waals surface area contributed by atoms with Gasteiger partial charge >= 0.3 is 0 Å². The highest BCUT2D eigenvalue weighted by atomic mass is 35.5. The third kappa shape index (κ3) is 3.69. The van der Waals surface area contributed by atoms with Gasteiger partial charge in [0.2, 0.25) is 5.78 Å². The average molecular weight is 290 g/mol. The second-order valence-corrected chi connectivity index (χ2v) is 5.66. The highest BCUT2D eigenvalue weighted by Gasteiger charge is 2.33. The van der Waals surface area contributed by atoms with Crippen molar-refractivity contribution in [3.8, 4) is 0 Å². The molecule has 0 saturated carbocycles. The Kier molecular flexibility index (Phi) is 5.49. The quantitative estimate of drug-likeness (QED) is 0.585. The van der Waals surface area contributed by atoms with Crippen molar-refractivity contribution in [2.75, 3.05) is 21.1 Å². The standard InChI is InChI=1S/C17H20NO.ClH/c1-18(2,3)16(14-10-6-4-7-11-14)17(19)15-12-8-5-9-13-15;/h4-13,16H,1-3H3;1H/q+1;/p-1. The molecule has 0 aliphatic rings. The third-order valence-corrected chi connectivity index (χ3v) is 3.20. The maximum absolute atomic E-state index is 12.8. The molecule has 0 aliphatic heterocycles. The Hall–Kier alpha value is -1.64. The second-order valence-electron chi connectivity index (χ2n) is 5.66. The molecule has 3 heteroatoms. The molecule has 0 aromatic heterocycles. The van der Waals surface area contributed by atoms with E-state index in [0.717, 1.165) is 11.1 Å². The summed E-state index contributed by atoms with van der Waals surface area (Å²) in [5, 5.41) is 0. The topological polar surface area (TPSA) is 17.1 Å². The van der Waals surface area contributed by atoms with Crippen LogP contribution in [0.3, 0.4) is 0 Å². The van der Waals surface area contributed by atoms with Crippen LogP contribution >= 0.6 is 0 Å². The van der Waals surface area contributed by atoms with Gasteiger partial charge in [-0.1, -0.05) is 60.7 Å². The molecule has 0 N–H and O–H groups in total. The lowest BCUT2D eigenvalue weighted by atomic mass is 9.95. The van der Waals surface area contributed by atoms with Gasteiger partial charge in [-0.2, -0.15) is 0 Å². The fraction of sp³-hybridized carbons (Fsp3) is 0.235. The summed E-state index contributed by atoms with van der Waals surface area (Å²) < 4.78 is 0.581. The minimum absolute atomic E-state index is 0. The van der Waals surface area contributed by atoms with Crippen LogP contribution in [-0.2, 0) is 0 Å². The summed E-state index contributed by atoms with van der Waals surface area (Å²) in [5.41, 5.74) is 1.83. The number of halogens is 1. The number of quaternary nitrogens is 1. The summed E-state index contributed by atoms with van der Waals surface area (Å²) in [5.74, 6) is 0.166. The summed E-state index contributed by atoms with van der Waals surface area (Å²) in [6, 6.07) is 19.3. The van der Waals surface area contributed by atoms with Crippen molar-refractivity contribution in [3.63, 3.8) is 0 Å². The molecule has 106 valence electrons. The van der Waals surface area contributed by atoms with E-state index in [9.17, 15) is 4.79 Å². The molecule has 1 unspecified atom stereocenters. The Morgan fingerprint density at radius 2 is 1.30 bits per heavy atom. The summed E-state index contributed by atoms with van der Waals surface area (Å²) in [7, 11) is 6.16. The molecule has 2 aromatic rings. The van der Waals surface area contributed by atoms with Gasteiger partial charge in [0.05, 0.1) is 21.1 Å². The number of carbonyl (C=O) groups is 1. The lowest BCUT2D eigenvalue weighted by molar-refractivity contribution is -0.891. The van der Waals surface area contributed by atoms with E-state index in [0.29, 0.717) is 4.48 Å². The van der Waals surface area contributed by atoms with Gasteiger partial charge in [-0.15, -0.1) is 0 Å². The molecular weight excluding hydrogens is 270 g/mol. The normalized spacial score (nSPS) is 12.3. The predicted molar refractivity (Wildman–Crippen MR) is 78.0 cm³/mol. The van der Waals surface area contributed by atoms with Gasteiger partial charge < -0.3 is 16.9 Å². The van der Waals surface area contributed by atoms with Crippen molar-refractivity contribution >= 4 is 5.78 Å². The number of benzene rings is 2. The zero-order valence-corrected chi connectivity index (χ0v) is 12.8. The minimum atomic E-state index is -0.177. The molecule has 0 saturated heterocycles. The van der Waals surface area contributed by atoms with E-state index in [4.69, 9.17) is 0 Å². The highest BCUT2D eigenvalue weighted by Crippen LogP contribution is 2.27. The largest absolute Gasteiger partial charge is 1.00 e. The Morgan fingerprint density at radius 1 is 0.850 bits per heavy atom. The summed E-state index contributed by atoms with van der Waals surface area (Å²) >= 11 is 0. The first kappa shape index (κ1) is 16.4. The maximum atomic E-state index is 12.8. The number of hydrogen-bond donors (Lipinski definition) is 0. The first-order valence-electron chi connectivity index (χ1n) is 6.45. The van der Waals surface area contributed by atoms with Gasteiger partial charge in [-0.3, -0.25) is 4.79 Å². The molecule has 2 nitrogen and oxygen atoms in total. The molecule has 0 bridgehead atoms. The number of carbonyl (C=O) groups excluding carboxylic acids is 1. The highest BCUT2D eigenvalue weighted by molar-refractivity contribution is 5.99. The van der Waals surface area contributed by atoms with E-state index in [1.807, 2.05) is 60.7 Å². The van der Waals surface area contributed by atoms with Gasteiger partial charge in [0, 0.05) is 11.1 Å². The van der Waals surface area contributed by atoms with Crippen LogP contribution in [0.4, 0.5) is 0 Å². The van der Waals surface area contributed by atoms with Crippen LogP contribution in [-0.4, -0.2) is 31.4 Å². The molecule has 0 fully saturated rings. The smallest absolute Gasteiger partial charge is 0.224 e. The van der Waals surface area contributed by atoms with E-state index >= 15 is 0 Å². The molecule has 0 aliphatic carbocycles. The van der Waals surface area contributed by atoms with E-state index in [1.165, 1.54) is 0 Å². The Bertz CT molecular complexity index is 546. The lowest BCUT2D eigenvalue weighted by Crippen LogP contribution is -3.00. The molecule has 0 heterocycles. The molecular formula is C17H20ClNO. The number of nitrogens with zero attached hydrogens (tertiary/aromatic N) is 1. The molecule has 2 aromatic carbocycles. The fourth-order valence-corrected chi connectivity index (χ4v) is 2.35. The van der Waals surface area contributed by atoms with Crippen LogP contribution in [0.1, 0.15) is 22.0 Å². The summed E-state index contributed by atoms with van der Waals surface area (Å²) in [4.78, 5) is 12.8. The van der Waals surface area contributed by atoms with Crippen LogP contribution in [0.25, 0.3) is 0 Å². The third-order valence-electron chi connectivity index (χ3n) is 3.20.